The van der Waals surface area contributed by atoms with Crippen molar-refractivity contribution in [3.05, 3.63) is 34.4 Å². The summed E-state index contributed by atoms with van der Waals surface area (Å²) in [6.45, 7) is 3.10. The second-order valence-corrected chi connectivity index (χ2v) is 4.80. The predicted molar refractivity (Wildman–Crippen MR) is 60.1 cm³/mol. The Morgan fingerprint density at radius 1 is 1.29 bits per heavy atom. The average molecular weight is 256 g/mol. The van der Waals surface area contributed by atoms with Crippen LogP contribution >= 0.6 is 15.9 Å². The molecule has 2 aromatic rings. The van der Waals surface area contributed by atoms with E-state index in [-0.39, 0.29) is 0 Å². The maximum absolute atomic E-state index is 13.6. The lowest BCUT2D eigenvalue weighted by Gasteiger charge is -2.10. The molecule has 1 N–H and O–H groups in total. The number of aromatic amines is 1. The molecule has 14 heavy (non-hydrogen) atoms. The van der Waals surface area contributed by atoms with Crippen LogP contribution < -0.4 is 0 Å². The van der Waals surface area contributed by atoms with Gasteiger partial charge in [0, 0.05) is 9.99 Å². The minimum atomic E-state index is -1.31. The Hall–Kier alpha value is -0.830. The Morgan fingerprint density at radius 3 is 2.64 bits per heavy atom. The zero-order valence-corrected chi connectivity index (χ0v) is 9.65. The average Bonchev–Trinajstić information content (AvgIpc) is 2.45. The fourth-order valence-electron chi connectivity index (χ4n) is 1.42. The fraction of sp³-hybridized carbons (Fsp3) is 0.273. The maximum Gasteiger partial charge on any atom is 0.145 e. The van der Waals surface area contributed by atoms with Crippen molar-refractivity contribution in [2.75, 3.05) is 0 Å². The van der Waals surface area contributed by atoms with Gasteiger partial charge in [-0.2, -0.15) is 0 Å². The van der Waals surface area contributed by atoms with E-state index in [1.807, 2.05) is 24.3 Å². The summed E-state index contributed by atoms with van der Waals surface area (Å²) in [6.07, 6.45) is 0. The number of hydrogen-bond acceptors (Lipinski definition) is 0. The number of H-pyrrole nitrogens is 1. The van der Waals surface area contributed by atoms with Gasteiger partial charge < -0.3 is 4.98 Å². The van der Waals surface area contributed by atoms with Crippen LogP contribution in [0.3, 0.4) is 0 Å². The Morgan fingerprint density at radius 2 is 2.00 bits per heavy atom. The van der Waals surface area contributed by atoms with Gasteiger partial charge >= 0.3 is 0 Å². The molecule has 0 aliphatic rings. The van der Waals surface area contributed by atoms with E-state index in [4.69, 9.17) is 0 Å². The van der Waals surface area contributed by atoms with Crippen LogP contribution in [0.25, 0.3) is 10.9 Å². The van der Waals surface area contributed by atoms with Gasteiger partial charge in [0.25, 0.3) is 0 Å². The Kier molecular flexibility index (Phi) is 2.14. The van der Waals surface area contributed by atoms with E-state index in [9.17, 15) is 4.39 Å². The number of alkyl halides is 1. The first-order valence-electron chi connectivity index (χ1n) is 4.44. The lowest BCUT2D eigenvalue weighted by molar-refractivity contribution is 0.215. The quantitative estimate of drug-likeness (QED) is 0.789. The second kappa shape index (κ2) is 3.09. The number of nitrogens with one attached hydrogen (secondary N) is 1. The zero-order chi connectivity index (χ0) is 10.3. The molecule has 0 aliphatic carbocycles. The zero-order valence-electron chi connectivity index (χ0n) is 8.07. The van der Waals surface area contributed by atoms with Crippen LogP contribution in [0, 0.1) is 0 Å². The summed E-state index contributed by atoms with van der Waals surface area (Å²) < 4.78 is 14.6. The molecule has 2 rings (SSSR count). The van der Waals surface area contributed by atoms with Gasteiger partial charge in [-0.1, -0.05) is 22.0 Å². The normalized spacial score (nSPS) is 12.3. The molecule has 0 fully saturated rings. The van der Waals surface area contributed by atoms with E-state index in [0.29, 0.717) is 5.69 Å². The van der Waals surface area contributed by atoms with Crippen molar-refractivity contribution in [3.8, 4) is 0 Å². The largest absolute Gasteiger partial charge is 0.356 e. The topological polar surface area (TPSA) is 15.8 Å². The van der Waals surface area contributed by atoms with Crippen molar-refractivity contribution in [1.29, 1.82) is 0 Å². The minimum Gasteiger partial charge on any atom is -0.356 e. The summed E-state index contributed by atoms with van der Waals surface area (Å²) in [7, 11) is 0. The number of halogens is 2. The summed E-state index contributed by atoms with van der Waals surface area (Å²) in [6, 6.07) is 7.71. The molecule has 0 spiro atoms. The summed E-state index contributed by atoms with van der Waals surface area (Å²) in [4.78, 5) is 3.07. The van der Waals surface area contributed by atoms with E-state index in [1.54, 1.807) is 13.8 Å². The van der Waals surface area contributed by atoms with Gasteiger partial charge in [0.05, 0.1) is 5.69 Å². The number of benzene rings is 1. The molecule has 0 saturated heterocycles. The van der Waals surface area contributed by atoms with Crippen molar-refractivity contribution >= 4 is 26.8 Å². The van der Waals surface area contributed by atoms with Crippen LogP contribution in [-0.4, -0.2) is 4.98 Å². The molecule has 0 unspecified atom stereocenters. The molecule has 0 saturated carbocycles. The van der Waals surface area contributed by atoms with Crippen molar-refractivity contribution < 1.29 is 4.39 Å². The summed E-state index contributed by atoms with van der Waals surface area (Å²) in [5, 5.41) is 1.04. The van der Waals surface area contributed by atoms with E-state index in [1.165, 1.54) is 0 Å². The third kappa shape index (κ3) is 1.69. The van der Waals surface area contributed by atoms with Crippen LogP contribution in [0.4, 0.5) is 4.39 Å². The smallest absolute Gasteiger partial charge is 0.145 e. The van der Waals surface area contributed by atoms with Crippen molar-refractivity contribution in [2.45, 2.75) is 19.5 Å². The molecule has 0 aliphatic heterocycles. The summed E-state index contributed by atoms with van der Waals surface area (Å²) >= 11 is 3.38. The van der Waals surface area contributed by atoms with E-state index in [0.717, 1.165) is 15.4 Å². The van der Waals surface area contributed by atoms with Crippen LogP contribution in [0.2, 0.25) is 0 Å². The predicted octanol–water partition coefficient (Wildman–Crippen LogP) is 4.14. The van der Waals surface area contributed by atoms with Crippen LogP contribution in [0.15, 0.2) is 28.7 Å². The van der Waals surface area contributed by atoms with Crippen molar-refractivity contribution in [3.63, 3.8) is 0 Å². The molecule has 0 radical (unpaired) electrons. The standard InChI is InChI=1S/C11H11BrFN/c1-11(2,13)10-5-7-3-4-8(12)6-9(7)14-10/h3-6,14H,1-2H3. The molecule has 1 nitrogen and oxygen atoms in total. The maximum atomic E-state index is 13.6. The van der Waals surface area contributed by atoms with E-state index >= 15 is 0 Å². The van der Waals surface area contributed by atoms with Gasteiger partial charge in [0.15, 0.2) is 0 Å². The fourth-order valence-corrected chi connectivity index (χ4v) is 1.78. The highest BCUT2D eigenvalue weighted by atomic mass is 79.9. The third-order valence-electron chi connectivity index (χ3n) is 2.22. The van der Waals surface area contributed by atoms with Gasteiger partial charge in [-0.15, -0.1) is 0 Å². The third-order valence-corrected chi connectivity index (χ3v) is 2.72. The highest BCUT2D eigenvalue weighted by Crippen LogP contribution is 2.28. The molecule has 1 heterocycles. The van der Waals surface area contributed by atoms with Crippen molar-refractivity contribution in [2.24, 2.45) is 0 Å². The second-order valence-electron chi connectivity index (χ2n) is 3.89. The van der Waals surface area contributed by atoms with Gasteiger partial charge in [0.2, 0.25) is 0 Å². The Labute approximate surface area is 90.5 Å². The van der Waals surface area contributed by atoms with Crippen molar-refractivity contribution in [1.82, 2.24) is 4.98 Å². The first-order valence-corrected chi connectivity index (χ1v) is 5.24. The number of aromatic nitrogens is 1. The van der Waals surface area contributed by atoms with Crippen LogP contribution in [0.1, 0.15) is 19.5 Å². The lowest BCUT2D eigenvalue weighted by atomic mass is 10.1. The Balaban J connectivity index is 2.63. The SMILES string of the molecule is CC(C)(F)c1cc2ccc(Br)cc2[nH]1. The summed E-state index contributed by atoms with van der Waals surface area (Å²) in [5.41, 5.74) is 0.261. The van der Waals surface area contributed by atoms with Crippen LogP contribution in [0.5, 0.6) is 0 Å². The van der Waals surface area contributed by atoms with Gasteiger partial charge in [0.1, 0.15) is 5.67 Å². The van der Waals surface area contributed by atoms with E-state index < -0.39 is 5.67 Å². The summed E-state index contributed by atoms with van der Waals surface area (Å²) in [5.74, 6) is 0. The first kappa shape index (κ1) is 9.71. The molecule has 1 aromatic carbocycles. The Bertz CT molecular complexity index is 468. The number of fused-ring (bicyclic) bond motifs is 1. The van der Waals surface area contributed by atoms with E-state index in [2.05, 4.69) is 20.9 Å². The lowest BCUT2D eigenvalue weighted by Crippen LogP contribution is -2.08. The molecule has 1 aromatic heterocycles. The molecule has 0 bridgehead atoms. The number of hydrogen-bond donors (Lipinski definition) is 1. The molecular formula is C11H11BrFN. The monoisotopic (exact) mass is 255 g/mol. The number of rotatable bonds is 1. The van der Waals surface area contributed by atoms with Gasteiger partial charge in [-0.05, 0) is 37.4 Å². The molecule has 0 atom stereocenters. The molecular weight excluding hydrogens is 245 g/mol. The molecule has 3 heteroatoms. The highest BCUT2D eigenvalue weighted by molar-refractivity contribution is 9.10. The molecule has 0 amide bonds. The van der Waals surface area contributed by atoms with Gasteiger partial charge in [-0.25, -0.2) is 4.39 Å². The minimum absolute atomic E-state index is 0.616. The first-order chi connectivity index (χ1) is 6.47. The van der Waals surface area contributed by atoms with Crippen LogP contribution in [-0.2, 0) is 5.67 Å². The molecule has 74 valence electrons. The van der Waals surface area contributed by atoms with Gasteiger partial charge in [-0.3, -0.25) is 0 Å². The highest BCUT2D eigenvalue weighted by Gasteiger charge is 2.20.